The highest BCUT2D eigenvalue weighted by molar-refractivity contribution is 8.01. The molecule has 1 heterocycles. The van der Waals surface area contributed by atoms with Crippen LogP contribution in [0.4, 0.5) is 25.3 Å². The van der Waals surface area contributed by atoms with Gasteiger partial charge in [-0.15, -0.1) is 10.2 Å². The van der Waals surface area contributed by atoms with Gasteiger partial charge < -0.3 is 15.4 Å². The maximum absolute atomic E-state index is 13.6. The first-order valence-electron chi connectivity index (χ1n) is 9.36. The number of hydrogen-bond acceptors (Lipinski definition) is 7. The van der Waals surface area contributed by atoms with Crippen molar-refractivity contribution in [1.82, 2.24) is 10.2 Å². The number of nitrogens with one attached hydrogen (secondary N) is 2. The van der Waals surface area contributed by atoms with Crippen molar-refractivity contribution in [2.24, 2.45) is 0 Å². The molecule has 0 radical (unpaired) electrons. The summed E-state index contributed by atoms with van der Waals surface area (Å²) in [6.45, 7) is 0. The van der Waals surface area contributed by atoms with Crippen LogP contribution in [0.25, 0.3) is 0 Å². The first-order valence-corrected chi connectivity index (χ1v) is 11.2. The summed E-state index contributed by atoms with van der Waals surface area (Å²) in [5.41, 5.74) is 0.735. The number of benzene rings is 3. The molecule has 1 aromatic heterocycles. The molecular formula is C22H16F2N4O2S2. The average molecular weight is 471 g/mol. The van der Waals surface area contributed by atoms with E-state index >= 15 is 0 Å². The van der Waals surface area contributed by atoms with Gasteiger partial charge in [-0.2, -0.15) is 0 Å². The zero-order valence-electron chi connectivity index (χ0n) is 16.4. The van der Waals surface area contributed by atoms with Gasteiger partial charge in [-0.05, 0) is 48.5 Å². The van der Waals surface area contributed by atoms with Crippen LogP contribution in [-0.4, -0.2) is 21.9 Å². The number of anilines is 3. The van der Waals surface area contributed by atoms with E-state index in [-0.39, 0.29) is 11.4 Å². The summed E-state index contributed by atoms with van der Waals surface area (Å²) < 4.78 is 32.9. The first kappa shape index (κ1) is 21.7. The summed E-state index contributed by atoms with van der Waals surface area (Å²) in [6, 6.07) is 19.8. The van der Waals surface area contributed by atoms with Gasteiger partial charge in [-0.25, -0.2) is 8.78 Å². The number of para-hydroxylation sites is 1. The average Bonchev–Trinajstić information content (AvgIpc) is 3.24. The van der Waals surface area contributed by atoms with Crippen molar-refractivity contribution in [3.63, 3.8) is 0 Å². The Morgan fingerprint density at radius 2 is 1.72 bits per heavy atom. The monoisotopic (exact) mass is 470 g/mol. The molecule has 32 heavy (non-hydrogen) atoms. The summed E-state index contributed by atoms with van der Waals surface area (Å²) in [6.07, 6.45) is 0. The van der Waals surface area contributed by atoms with E-state index < -0.39 is 17.5 Å². The normalized spacial score (nSPS) is 10.6. The Bertz CT molecular complexity index is 1200. The van der Waals surface area contributed by atoms with Crippen LogP contribution in [0.5, 0.6) is 11.5 Å². The number of halogens is 2. The molecule has 0 aliphatic carbocycles. The predicted molar refractivity (Wildman–Crippen MR) is 122 cm³/mol. The summed E-state index contributed by atoms with van der Waals surface area (Å²) >= 11 is 2.45. The summed E-state index contributed by atoms with van der Waals surface area (Å²) in [5.74, 6) is -0.492. The lowest BCUT2D eigenvalue weighted by Gasteiger charge is -2.07. The second-order valence-electron chi connectivity index (χ2n) is 6.40. The smallest absolute Gasteiger partial charge is 0.234 e. The number of thioether (sulfide) groups is 1. The zero-order valence-corrected chi connectivity index (χ0v) is 18.1. The Balaban J connectivity index is 1.27. The molecule has 2 N–H and O–H groups in total. The molecule has 162 valence electrons. The third-order valence-corrected chi connectivity index (χ3v) is 5.99. The van der Waals surface area contributed by atoms with Crippen LogP contribution in [0.15, 0.2) is 77.1 Å². The quantitative estimate of drug-likeness (QED) is 0.304. The Labute approximate surface area is 190 Å². The number of nitrogens with zero attached hydrogens (tertiary/aromatic N) is 2. The number of carbonyl (C=O) groups is 1. The van der Waals surface area contributed by atoms with Crippen LogP contribution in [0.2, 0.25) is 0 Å². The molecule has 0 atom stereocenters. The predicted octanol–water partition coefficient (Wildman–Crippen LogP) is 6.08. The minimum Gasteiger partial charge on any atom is -0.457 e. The number of rotatable bonds is 8. The fraction of sp³-hybridized carbons (Fsp3) is 0.0455. The maximum atomic E-state index is 13.6. The Morgan fingerprint density at radius 1 is 0.969 bits per heavy atom. The lowest BCUT2D eigenvalue weighted by Crippen LogP contribution is -2.15. The van der Waals surface area contributed by atoms with E-state index in [0.717, 1.165) is 17.5 Å². The molecule has 4 aromatic rings. The molecule has 0 bridgehead atoms. The molecule has 0 saturated heterocycles. The number of ether oxygens (including phenoxy) is 1. The lowest BCUT2D eigenvalue weighted by molar-refractivity contribution is -0.113. The largest absolute Gasteiger partial charge is 0.457 e. The third-order valence-electron chi connectivity index (χ3n) is 4.02. The fourth-order valence-corrected chi connectivity index (χ4v) is 4.15. The minimum absolute atomic E-state index is 0.0109. The van der Waals surface area contributed by atoms with Crippen LogP contribution in [-0.2, 0) is 4.79 Å². The van der Waals surface area contributed by atoms with Gasteiger partial charge in [0.05, 0.1) is 11.4 Å². The number of aromatic nitrogens is 2. The molecule has 0 aliphatic rings. The fourth-order valence-electron chi connectivity index (χ4n) is 2.58. The van der Waals surface area contributed by atoms with Gasteiger partial charge in [-0.3, -0.25) is 4.79 Å². The molecule has 10 heteroatoms. The Morgan fingerprint density at radius 3 is 2.47 bits per heavy atom. The molecule has 4 rings (SSSR count). The zero-order chi connectivity index (χ0) is 22.3. The molecule has 1 amide bonds. The Hall–Kier alpha value is -3.50. The van der Waals surface area contributed by atoms with Crippen molar-refractivity contribution in [2.45, 2.75) is 4.34 Å². The minimum atomic E-state index is -0.828. The third kappa shape index (κ3) is 6.02. The highest BCUT2D eigenvalue weighted by Crippen LogP contribution is 2.29. The van der Waals surface area contributed by atoms with Crippen molar-refractivity contribution in [1.29, 1.82) is 0 Å². The first-order chi connectivity index (χ1) is 15.5. The standard InChI is InChI=1S/C22H16F2N4O2S2/c23-14-6-11-19(18(24)12-14)26-20(29)13-31-22-28-27-21(32-22)25-15-7-9-17(10-8-15)30-16-4-2-1-3-5-16/h1-12H,13H2,(H,25,27)(H,26,29). The van der Waals surface area contributed by atoms with Crippen LogP contribution >= 0.6 is 23.1 Å². The topological polar surface area (TPSA) is 76.1 Å². The highest BCUT2D eigenvalue weighted by Gasteiger charge is 2.11. The second-order valence-corrected chi connectivity index (χ2v) is 8.60. The summed E-state index contributed by atoms with van der Waals surface area (Å²) in [5, 5.41) is 14.2. The van der Waals surface area contributed by atoms with Gasteiger partial charge in [0.2, 0.25) is 11.0 Å². The molecule has 0 fully saturated rings. The van der Waals surface area contributed by atoms with Gasteiger partial charge in [0.15, 0.2) is 4.34 Å². The molecule has 3 aromatic carbocycles. The van der Waals surface area contributed by atoms with E-state index in [1.165, 1.54) is 29.2 Å². The van der Waals surface area contributed by atoms with Crippen molar-refractivity contribution >= 4 is 45.5 Å². The highest BCUT2D eigenvalue weighted by atomic mass is 32.2. The summed E-state index contributed by atoms with van der Waals surface area (Å²) in [7, 11) is 0. The molecule has 6 nitrogen and oxygen atoms in total. The second kappa shape index (κ2) is 10.2. The lowest BCUT2D eigenvalue weighted by atomic mass is 10.3. The van der Waals surface area contributed by atoms with E-state index in [2.05, 4.69) is 20.8 Å². The molecule has 0 aliphatic heterocycles. The van der Waals surface area contributed by atoms with Crippen LogP contribution in [0, 0.1) is 11.6 Å². The number of carbonyl (C=O) groups excluding carboxylic acids is 1. The van der Waals surface area contributed by atoms with Gasteiger partial charge >= 0.3 is 0 Å². The van der Waals surface area contributed by atoms with Gasteiger partial charge in [0.25, 0.3) is 0 Å². The van der Waals surface area contributed by atoms with Crippen molar-refractivity contribution in [3.8, 4) is 11.5 Å². The van der Waals surface area contributed by atoms with E-state index in [1.807, 2.05) is 54.6 Å². The van der Waals surface area contributed by atoms with Crippen molar-refractivity contribution in [2.75, 3.05) is 16.4 Å². The molecule has 0 saturated carbocycles. The van der Waals surface area contributed by atoms with Crippen LogP contribution in [0.1, 0.15) is 0 Å². The summed E-state index contributed by atoms with van der Waals surface area (Å²) in [4.78, 5) is 12.0. The SMILES string of the molecule is O=C(CSc1nnc(Nc2ccc(Oc3ccccc3)cc2)s1)Nc1ccc(F)cc1F. The molecular weight excluding hydrogens is 454 g/mol. The maximum Gasteiger partial charge on any atom is 0.234 e. The van der Waals surface area contributed by atoms with Gasteiger partial charge in [-0.1, -0.05) is 41.3 Å². The van der Waals surface area contributed by atoms with E-state index in [1.54, 1.807) is 0 Å². The van der Waals surface area contributed by atoms with Gasteiger partial charge in [0.1, 0.15) is 23.1 Å². The van der Waals surface area contributed by atoms with E-state index in [9.17, 15) is 13.6 Å². The van der Waals surface area contributed by atoms with E-state index in [4.69, 9.17) is 4.74 Å². The molecule has 0 spiro atoms. The number of amides is 1. The van der Waals surface area contributed by atoms with Crippen molar-refractivity contribution in [3.05, 3.63) is 84.4 Å². The van der Waals surface area contributed by atoms with Crippen molar-refractivity contribution < 1.29 is 18.3 Å². The van der Waals surface area contributed by atoms with E-state index in [0.29, 0.717) is 21.3 Å². The van der Waals surface area contributed by atoms with Crippen LogP contribution < -0.4 is 15.4 Å². The van der Waals surface area contributed by atoms with Crippen LogP contribution in [0.3, 0.4) is 0 Å². The van der Waals surface area contributed by atoms with Gasteiger partial charge in [0, 0.05) is 11.8 Å². The molecule has 0 unspecified atom stereocenters. The number of hydrogen-bond donors (Lipinski definition) is 2. The Kier molecular flexibility index (Phi) is 6.93.